The summed E-state index contributed by atoms with van der Waals surface area (Å²) in [6, 6.07) is 2.34. The van der Waals surface area contributed by atoms with Crippen LogP contribution in [0, 0.1) is 11.6 Å². The standard InChI is InChI=1S/C10H8F2O3/c1-2-15-10(14)9(13)7-4-3-6(11)5-8(7)12/h3-5H,2H2,1H3. The molecule has 0 unspecified atom stereocenters. The summed E-state index contributed by atoms with van der Waals surface area (Å²) in [4.78, 5) is 22.2. The lowest BCUT2D eigenvalue weighted by Crippen LogP contribution is -2.18. The van der Waals surface area contributed by atoms with Crippen LogP contribution in [0.5, 0.6) is 0 Å². The van der Waals surface area contributed by atoms with Gasteiger partial charge in [-0.1, -0.05) is 0 Å². The van der Waals surface area contributed by atoms with E-state index in [2.05, 4.69) is 4.74 Å². The fraction of sp³-hybridized carbons (Fsp3) is 0.200. The van der Waals surface area contributed by atoms with Crippen LogP contribution in [0.25, 0.3) is 0 Å². The van der Waals surface area contributed by atoms with Crippen molar-refractivity contribution in [2.45, 2.75) is 6.92 Å². The number of esters is 1. The summed E-state index contributed by atoms with van der Waals surface area (Å²) in [6.07, 6.45) is 0. The maximum absolute atomic E-state index is 13.0. The predicted molar refractivity (Wildman–Crippen MR) is 47.3 cm³/mol. The van der Waals surface area contributed by atoms with Gasteiger partial charge in [-0.05, 0) is 19.1 Å². The van der Waals surface area contributed by atoms with E-state index >= 15 is 0 Å². The lowest BCUT2D eigenvalue weighted by Gasteiger charge is -2.01. The Bertz CT molecular complexity index is 402. The summed E-state index contributed by atoms with van der Waals surface area (Å²) in [7, 11) is 0. The molecule has 5 heteroatoms. The number of carbonyl (C=O) groups excluding carboxylic acids is 2. The van der Waals surface area contributed by atoms with Crippen molar-refractivity contribution in [1.82, 2.24) is 0 Å². The zero-order valence-electron chi connectivity index (χ0n) is 7.92. The summed E-state index contributed by atoms with van der Waals surface area (Å²) in [5, 5.41) is 0. The maximum atomic E-state index is 13.0. The first-order valence-corrected chi connectivity index (χ1v) is 4.22. The predicted octanol–water partition coefficient (Wildman–Crippen LogP) is 1.71. The number of halogens is 2. The van der Waals surface area contributed by atoms with Gasteiger partial charge in [0, 0.05) is 6.07 Å². The SMILES string of the molecule is CCOC(=O)C(=O)c1ccc(F)cc1F. The summed E-state index contributed by atoms with van der Waals surface area (Å²) in [5.74, 6) is -4.15. The number of hydrogen-bond donors (Lipinski definition) is 0. The van der Waals surface area contributed by atoms with E-state index < -0.39 is 29.0 Å². The summed E-state index contributed by atoms with van der Waals surface area (Å²) >= 11 is 0. The van der Waals surface area contributed by atoms with Gasteiger partial charge in [-0.2, -0.15) is 0 Å². The van der Waals surface area contributed by atoms with Crippen LogP contribution in [-0.2, 0) is 9.53 Å². The number of Topliss-reactive ketones (excluding diaryl/α,β-unsaturated/α-hetero) is 1. The highest BCUT2D eigenvalue weighted by Gasteiger charge is 2.21. The van der Waals surface area contributed by atoms with Gasteiger partial charge in [0.1, 0.15) is 11.6 Å². The Balaban J connectivity index is 2.96. The van der Waals surface area contributed by atoms with E-state index in [9.17, 15) is 18.4 Å². The highest BCUT2D eigenvalue weighted by atomic mass is 19.1. The van der Waals surface area contributed by atoms with Crippen LogP contribution in [0.2, 0.25) is 0 Å². The van der Waals surface area contributed by atoms with Crippen molar-refractivity contribution in [3.63, 3.8) is 0 Å². The number of rotatable bonds is 3. The van der Waals surface area contributed by atoms with Crippen LogP contribution in [0.15, 0.2) is 18.2 Å². The molecule has 0 aliphatic rings. The van der Waals surface area contributed by atoms with E-state index in [-0.39, 0.29) is 6.61 Å². The maximum Gasteiger partial charge on any atom is 0.379 e. The third-order valence-electron chi connectivity index (χ3n) is 1.64. The molecule has 1 rings (SSSR count). The second-order valence-electron chi connectivity index (χ2n) is 2.67. The van der Waals surface area contributed by atoms with Crippen LogP contribution in [0.3, 0.4) is 0 Å². The first-order chi connectivity index (χ1) is 7.06. The van der Waals surface area contributed by atoms with Gasteiger partial charge in [-0.3, -0.25) is 4.79 Å². The fourth-order valence-electron chi connectivity index (χ4n) is 0.980. The van der Waals surface area contributed by atoms with Crippen molar-refractivity contribution < 1.29 is 23.1 Å². The van der Waals surface area contributed by atoms with Crippen molar-refractivity contribution >= 4 is 11.8 Å². The molecule has 0 radical (unpaired) electrons. The minimum Gasteiger partial charge on any atom is -0.460 e. The largest absolute Gasteiger partial charge is 0.460 e. The molecule has 1 aromatic carbocycles. The molecule has 1 aromatic rings. The monoisotopic (exact) mass is 214 g/mol. The van der Waals surface area contributed by atoms with Crippen molar-refractivity contribution in [3.8, 4) is 0 Å². The third kappa shape index (κ3) is 2.59. The number of ketones is 1. The molecule has 3 nitrogen and oxygen atoms in total. The molecule has 15 heavy (non-hydrogen) atoms. The van der Waals surface area contributed by atoms with Crippen LogP contribution in [0.4, 0.5) is 8.78 Å². The summed E-state index contributed by atoms with van der Waals surface area (Å²) in [6.45, 7) is 1.54. The average Bonchev–Trinajstić information content (AvgIpc) is 2.17. The highest BCUT2D eigenvalue weighted by molar-refractivity contribution is 6.40. The van der Waals surface area contributed by atoms with Gasteiger partial charge in [-0.15, -0.1) is 0 Å². The van der Waals surface area contributed by atoms with Gasteiger partial charge >= 0.3 is 5.97 Å². The fourth-order valence-corrected chi connectivity index (χ4v) is 0.980. The van der Waals surface area contributed by atoms with E-state index in [1.807, 2.05) is 0 Å². The van der Waals surface area contributed by atoms with Gasteiger partial charge in [0.15, 0.2) is 0 Å². The number of hydrogen-bond acceptors (Lipinski definition) is 3. The van der Waals surface area contributed by atoms with E-state index in [1.54, 1.807) is 0 Å². The first-order valence-electron chi connectivity index (χ1n) is 4.22. The van der Waals surface area contributed by atoms with Gasteiger partial charge in [0.2, 0.25) is 0 Å². The molecule has 80 valence electrons. The molecular formula is C10H8F2O3. The van der Waals surface area contributed by atoms with E-state index in [0.29, 0.717) is 6.07 Å². The molecule has 0 heterocycles. The molecule has 0 saturated heterocycles. The number of carbonyl (C=O) groups is 2. The molecule has 0 amide bonds. The second-order valence-corrected chi connectivity index (χ2v) is 2.67. The molecule has 0 aromatic heterocycles. The molecule has 0 aliphatic carbocycles. The lowest BCUT2D eigenvalue weighted by molar-refractivity contribution is -0.137. The molecule has 0 N–H and O–H groups in total. The zero-order valence-corrected chi connectivity index (χ0v) is 7.92. The van der Waals surface area contributed by atoms with Crippen LogP contribution in [-0.4, -0.2) is 18.4 Å². The minimum absolute atomic E-state index is 0.0212. The summed E-state index contributed by atoms with van der Waals surface area (Å²) in [5.41, 5.74) is -0.491. The lowest BCUT2D eigenvalue weighted by atomic mass is 10.1. The Kier molecular flexibility index (Phi) is 3.49. The van der Waals surface area contributed by atoms with Crippen LogP contribution < -0.4 is 0 Å². The Morgan fingerprint density at radius 3 is 2.53 bits per heavy atom. The Labute approximate surface area is 84.7 Å². The molecular weight excluding hydrogens is 206 g/mol. The van der Waals surface area contributed by atoms with Gasteiger partial charge in [-0.25, -0.2) is 13.6 Å². The van der Waals surface area contributed by atoms with Crippen molar-refractivity contribution in [3.05, 3.63) is 35.4 Å². The minimum atomic E-state index is -1.15. The number of benzene rings is 1. The van der Waals surface area contributed by atoms with Crippen LogP contribution >= 0.6 is 0 Å². The normalized spacial score (nSPS) is 9.80. The number of ether oxygens (including phenoxy) is 1. The van der Waals surface area contributed by atoms with E-state index in [4.69, 9.17) is 0 Å². The molecule has 0 aliphatic heterocycles. The van der Waals surface area contributed by atoms with Gasteiger partial charge in [0.25, 0.3) is 5.78 Å². The summed E-state index contributed by atoms with van der Waals surface area (Å²) < 4.78 is 29.9. The molecule has 0 saturated carbocycles. The van der Waals surface area contributed by atoms with Crippen molar-refractivity contribution in [2.75, 3.05) is 6.61 Å². The van der Waals surface area contributed by atoms with E-state index in [1.165, 1.54) is 6.92 Å². The van der Waals surface area contributed by atoms with Gasteiger partial charge < -0.3 is 4.74 Å². The Morgan fingerprint density at radius 2 is 2.00 bits per heavy atom. The van der Waals surface area contributed by atoms with Gasteiger partial charge in [0.05, 0.1) is 12.2 Å². The highest BCUT2D eigenvalue weighted by Crippen LogP contribution is 2.10. The zero-order chi connectivity index (χ0) is 11.4. The third-order valence-corrected chi connectivity index (χ3v) is 1.64. The molecule has 0 atom stereocenters. The Morgan fingerprint density at radius 1 is 1.33 bits per heavy atom. The molecule has 0 fully saturated rings. The van der Waals surface area contributed by atoms with Crippen LogP contribution in [0.1, 0.15) is 17.3 Å². The average molecular weight is 214 g/mol. The quantitative estimate of drug-likeness (QED) is 0.437. The topological polar surface area (TPSA) is 43.4 Å². The van der Waals surface area contributed by atoms with E-state index in [0.717, 1.165) is 12.1 Å². The first kappa shape index (κ1) is 11.3. The second kappa shape index (κ2) is 4.63. The molecule has 0 bridgehead atoms. The smallest absolute Gasteiger partial charge is 0.379 e. The van der Waals surface area contributed by atoms with Crippen molar-refractivity contribution in [1.29, 1.82) is 0 Å². The van der Waals surface area contributed by atoms with Crippen molar-refractivity contribution in [2.24, 2.45) is 0 Å². The molecule has 0 spiro atoms. The Hall–Kier alpha value is -1.78.